The normalized spacial score (nSPS) is 12.2. The fraction of sp³-hybridized carbons (Fsp3) is 0.658. The Morgan fingerprint density at radius 3 is 1.79 bits per heavy atom. The average molecular weight is 795 g/mol. The van der Waals surface area contributed by atoms with Gasteiger partial charge in [0.05, 0.1) is 58.8 Å². The van der Waals surface area contributed by atoms with Gasteiger partial charge < -0.3 is 56.4 Å². The molecule has 2 atom stereocenters. The van der Waals surface area contributed by atoms with Crippen molar-refractivity contribution in [2.75, 3.05) is 64.7 Å². The van der Waals surface area contributed by atoms with E-state index in [1.807, 2.05) is 13.8 Å². The molecule has 0 aromatic heterocycles. The van der Waals surface area contributed by atoms with Crippen LogP contribution < -0.4 is 32.7 Å². The predicted octanol–water partition coefficient (Wildman–Crippen LogP) is 1.57. The SMILES string of the molecule is CC(C)C(=O)CCOCCOCCOCCOCCC(=O)N[C@H](C(=O)N[C@@H](CCCNC(N)=O)C(=O)Nc1ccc(COC(=O)C(C)C)c(C(N)=O)c1)C(C)C. The molecule has 56 heavy (non-hydrogen) atoms. The number of amides is 6. The molecule has 6 amide bonds. The van der Waals surface area contributed by atoms with Crippen molar-refractivity contribution in [2.24, 2.45) is 29.2 Å². The molecular weight excluding hydrogens is 732 g/mol. The largest absolute Gasteiger partial charge is 0.461 e. The molecule has 0 bridgehead atoms. The minimum absolute atomic E-state index is 0.00121. The van der Waals surface area contributed by atoms with E-state index in [9.17, 15) is 33.6 Å². The number of Topliss-reactive ketones (excluding diaryl/α,β-unsaturated/α-hetero) is 1. The number of anilines is 1. The minimum atomic E-state index is -1.12. The summed E-state index contributed by atoms with van der Waals surface area (Å²) in [5, 5.41) is 10.5. The van der Waals surface area contributed by atoms with Crippen LogP contribution in [0.5, 0.6) is 0 Å². The number of ketones is 1. The van der Waals surface area contributed by atoms with Crippen LogP contribution in [-0.2, 0) is 54.3 Å². The van der Waals surface area contributed by atoms with Crippen LogP contribution in [0.25, 0.3) is 0 Å². The summed E-state index contributed by atoms with van der Waals surface area (Å²) in [6.07, 6.45) is 0.708. The Bertz CT molecular complexity index is 1420. The number of primary amides is 2. The number of benzene rings is 1. The third-order valence-electron chi connectivity index (χ3n) is 8.08. The number of rotatable bonds is 30. The lowest BCUT2D eigenvalue weighted by atomic mass is 10.0. The number of ether oxygens (including phenoxy) is 5. The Morgan fingerprint density at radius 1 is 0.696 bits per heavy atom. The molecule has 0 fully saturated rings. The van der Waals surface area contributed by atoms with E-state index < -0.39 is 47.7 Å². The molecule has 0 saturated heterocycles. The number of urea groups is 1. The van der Waals surface area contributed by atoms with Gasteiger partial charge in [0, 0.05) is 42.1 Å². The molecule has 0 aliphatic heterocycles. The van der Waals surface area contributed by atoms with E-state index in [1.54, 1.807) is 27.7 Å². The first-order chi connectivity index (χ1) is 26.5. The van der Waals surface area contributed by atoms with Crippen LogP contribution in [-0.4, -0.2) is 113 Å². The molecule has 0 spiro atoms. The third kappa shape index (κ3) is 21.4. The summed E-state index contributed by atoms with van der Waals surface area (Å²) >= 11 is 0. The molecule has 0 heterocycles. The Hall–Kier alpha value is -4.65. The number of esters is 1. The second kappa shape index (κ2) is 27.9. The number of hydrogen-bond acceptors (Lipinski definition) is 12. The molecule has 1 aromatic carbocycles. The van der Waals surface area contributed by atoms with Crippen LogP contribution in [0.1, 0.15) is 83.1 Å². The van der Waals surface area contributed by atoms with Gasteiger partial charge in [-0.3, -0.25) is 28.8 Å². The second-order valence-electron chi connectivity index (χ2n) is 13.8. The molecule has 8 N–H and O–H groups in total. The first kappa shape index (κ1) is 49.4. The first-order valence-electron chi connectivity index (χ1n) is 18.9. The summed E-state index contributed by atoms with van der Waals surface area (Å²) in [6.45, 7) is 12.9. The fourth-order valence-corrected chi connectivity index (χ4v) is 4.77. The lowest BCUT2D eigenvalue weighted by molar-refractivity contribution is -0.148. The minimum Gasteiger partial charge on any atom is -0.461 e. The summed E-state index contributed by atoms with van der Waals surface area (Å²) in [4.78, 5) is 86.5. The van der Waals surface area contributed by atoms with Crippen molar-refractivity contribution in [1.82, 2.24) is 16.0 Å². The fourth-order valence-electron chi connectivity index (χ4n) is 4.77. The highest BCUT2D eigenvalue weighted by molar-refractivity contribution is 6.00. The van der Waals surface area contributed by atoms with Crippen molar-refractivity contribution in [3.63, 3.8) is 0 Å². The van der Waals surface area contributed by atoms with Crippen molar-refractivity contribution in [3.05, 3.63) is 29.3 Å². The van der Waals surface area contributed by atoms with Gasteiger partial charge in [0.1, 0.15) is 24.5 Å². The number of nitrogens with one attached hydrogen (secondary N) is 4. The van der Waals surface area contributed by atoms with Gasteiger partial charge in [-0.1, -0.05) is 47.6 Å². The van der Waals surface area contributed by atoms with Crippen molar-refractivity contribution in [1.29, 1.82) is 0 Å². The summed E-state index contributed by atoms with van der Waals surface area (Å²) in [6, 6.07) is 1.47. The van der Waals surface area contributed by atoms with Crippen LogP contribution in [0.2, 0.25) is 0 Å². The standard InChI is InChI=1S/C38H62N6O12/c1-24(2)31(45)11-14-52-16-18-54-20-21-55-19-17-53-15-12-32(46)44-33(25(3)4)36(49)43-30(8-7-13-41-38(40)51)35(48)42-28-10-9-27(29(22-28)34(39)47)23-56-37(50)26(5)6/h9-10,22,24-26,30,33H,7-8,11-21,23H2,1-6H3,(H2,39,47)(H,42,48)(H,43,49)(H,44,46)(H3,40,41,51)/t30-,33-/m0/s1. The zero-order valence-electron chi connectivity index (χ0n) is 33.6. The van der Waals surface area contributed by atoms with Crippen LogP contribution in [0.15, 0.2) is 18.2 Å². The maximum absolute atomic E-state index is 13.5. The summed E-state index contributed by atoms with van der Waals surface area (Å²) in [5.74, 6) is -3.51. The molecule has 18 nitrogen and oxygen atoms in total. The monoisotopic (exact) mass is 794 g/mol. The second-order valence-corrected chi connectivity index (χ2v) is 13.8. The van der Waals surface area contributed by atoms with E-state index in [0.29, 0.717) is 45.0 Å². The molecule has 316 valence electrons. The zero-order chi connectivity index (χ0) is 42.0. The highest BCUT2D eigenvalue weighted by atomic mass is 16.6. The van der Waals surface area contributed by atoms with Crippen LogP contribution in [0, 0.1) is 17.8 Å². The Labute approximate surface area is 329 Å². The molecule has 0 saturated carbocycles. The van der Waals surface area contributed by atoms with E-state index in [0.717, 1.165) is 0 Å². The van der Waals surface area contributed by atoms with E-state index in [2.05, 4.69) is 21.3 Å². The van der Waals surface area contributed by atoms with Crippen molar-refractivity contribution in [3.8, 4) is 0 Å². The van der Waals surface area contributed by atoms with Crippen LogP contribution in [0.4, 0.5) is 10.5 Å². The van der Waals surface area contributed by atoms with Gasteiger partial charge in [0.15, 0.2) is 0 Å². The van der Waals surface area contributed by atoms with Crippen LogP contribution >= 0.6 is 0 Å². The molecule has 18 heteroatoms. The Morgan fingerprint density at radius 2 is 1.27 bits per heavy atom. The number of carbonyl (C=O) groups excluding carboxylic acids is 7. The van der Waals surface area contributed by atoms with E-state index in [4.69, 9.17) is 35.2 Å². The van der Waals surface area contributed by atoms with E-state index >= 15 is 0 Å². The van der Waals surface area contributed by atoms with Crippen molar-refractivity contribution >= 4 is 47.1 Å². The third-order valence-corrected chi connectivity index (χ3v) is 8.08. The molecule has 0 aliphatic rings. The highest BCUT2D eigenvalue weighted by Gasteiger charge is 2.29. The van der Waals surface area contributed by atoms with Gasteiger partial charge >= 0.3 is 12.0 Å². The van der Waals surface area contributed by atoms with Gasteiger partial charge in [0.25, 0.3) is 0 Å². The van der Waals surface area contributed by atoms with Gasteiger partial charge in [-0.15, -0.1) is 0 Å². The summed E-state index contributed by atoms with van der Waals surface area (Å²) < 4.78 is 27.0. The quantitative estimate of drug-likeness (QED) is 0.0479. The zero-order valence-corrected chi connectivity index (χ0v) is 33.6. The molecule has 0 radical (unpaired) electrons. The lowest BCUT2D eigenvalue weighted by Crippen LogP contribution is -2.54. The number of carbonyl (C=O) groups is 7. The summed E-state index contributed by atoms with van der Waals surface area (Å²) in [7, 11) is 0. The predicted molar refractivity (Wildman–Crippen MR) is 206 cm³/mol. The highest BCUT2D eigenvalue weighted by Crippen LogP contribution is 2.18. The molecular formula is C38H62N6O12. The van der Waals surface area contributed by atoms with Gasteiger partial charge in [-0.05, 0) is 30.9 Å². The number of nitrogens with two attached hydrogens (primary N) is 2. The molecule has 1 rings (SSSR count). The van der Waals surface area contributed by atoms with Gasteiger partial charge in [-0.25, -0.2) is 4.79 Å². The lowest BCUT2D eigenvalue weighted by Gasteiger charge is -2.25. The van der Waals surface area contributed by atoms with Crippen molar-refractivity contribution in [2.45, 2.75) is 85.9 Å². The van der Waals surface area contributed by atoms with Crippen LogP contribution in [0.3, 0.4) is 0 Å². The van der Waals surface area contributed by atoms with Crippen molar-refractivity contribution < 1.29 is 57.2 Å². The van der Waals surface area contributed by atoms with Gasteiger partial charge in [0.2, 0.25) is 23.6 Å². The maximum Gasteiger partial charge on any atom is 0.312 e. The Kier molecular flexibility index (Phi) is 24.6. The smallest absolute Gasteiger partial charge is 0.312 e. The topological polar surface area (TPSA) is 266 Å². The molecule has 1 aromatic rings. The van der Waals surface area contributed by atoms with E-state index in [1.165, 1.54) is 18.2 Å². The summed E-state index contributed by atoms with van der Waals surface area (Å²) in [5.41, 5.74) is 11.3. The average Bonchev–Trinajstić information content (AvgIpc) is 3.13. The first-order valence-corrected chi connectivity index (χ1v) is 18.9. The molecule has 0 aliphatic carbocycles. The maximum atomic E-state index is 13.5. The number of hydrogen-bond donors (Lipinski definition) is 6. The van der Waals surface area contributed by atoms with Gasteiger partial charge in [-0.2, -0.15) is 0 Å². The molecule has 0 unspecified atom stereocenters. The van der Waals surface area contributed by atoms with E-state index in [-0.39, 0.29) is 87.0 Å². The Balaban J connectivity index is 2.64.